The summed E-state index contributed by atoms with van der Waals surface area (Å²) in [5.74, 6) is 0.325. The molecule has 0 bridgehead atoms. The maximum Gasteiger partial charge on any atom is 0.159 e. The highest BCUT2D eigenvalue weighted by Crippen LogP contribution is 2.49. The summed E-state index contributed by atoms with van der Waals surface area (Å²) in [5, 5.41) is 4.91. The zero-order valence-electron chi connectivity index (χ0n) is 29.9. The fourth-order valence-electron chi connectivity index (χ4n) is 9.67. The molecule has 0 fully saturated rings. The lowest BCUT2D eigenvalue weighted by molar-refractivity contribution is 0.715. The number of benzene rings is 7. The Bertz CT molecular complexity index is 2450. The summed E-state index contributed by atoms with van der Waals surface area (Å²) in [6.07, 6.45) is 10.9. The third-order valence-electron chi connectivity index (χ3n) is 12.1. The van der Waals surface area contributed by atoms with Crippen molar-refractivity contribution in [2.45, 2.75) is 53.4 Å². The smallest absolute Gasteiger partial charge is 0.0896 e. The molecule has 2 heteroatoms. The Morgan fingerprint density at radius 3 is 1.96 bits per heavy atom. The molecule has 0 spiro atoms. The van der Waals surface area contributed by atoms with Crippen molar-refractivity contribution in [3.05, 3.63) is 199 Å². The third-order valence-corrected chi connectivity index (χ3v) is 19.2. The van der Waals surface area contributed by atoms with E-state index in [4.69, 9.17) is 0 Å². The van der Waals surface area contributed by atoms with Crippen molar-refractivity contribution in [3.8, 4) is 33.4 Å². The van der Waals surface area contributed by atoms with E-state index in [1.54, 1.807) is 15.6 Å². The molecule has 3 aliphatic rings. The van der Waals surface area contributed by atoms with E-state index in [2.05, 4.69) is 182 Å². The molecule has 0 amide bonds. The predicted octanol–water partition coefficient (Wildman–Crippen LogP) is 11.8. The molecule has 3 atom stereocenters. The van der Waals surface area contributed by atoms with Crippen LogP contribution in [0, 0.1) is 0 Å². The number of rotatable bonds is 8. The average Bonchev–Trinajstić information content (AvgIpc) is 3.55. The summed E-state index contributed by atoms with van der Waals surface area (Å²) in [6, 6.07) is 64.3. The van der Waals surface area contributed by atoms with Crippen molar-refractivity contribution < 1.29 is 0 Å². The molecule has 0 nitrogen and oxygen atoms in total. The minimum Gasteiger partial charge on any atom is -0.0896 e. The topological polar surface area (TPSA) is 0 Å². The molecule has 10 rings (SSSR count). The highest BCUT2D eigenvalue weighted by atomic mass is 32.2. The quantitative estimate of drug-likeness (QED) is 0.112. The second-order valence-electron chi connectivity index (χ2n) is 15.0. The lowest BCUT2D eigenvalue weighted by atomic mass is 9.85. The van der Waals surface area contributed by atoms with Crippen LogP contribution in [-0.4, -0.2) is 8.07 Å². The van der Waals surface area contributed by atoms with Gasteiger partial charge in [-0.3, -0.25) is 0 Å². The van der Waals surface area contributed by atoms with E-state index in [9.17, 15) is 0 Å². The minimum atomic E-state index is -2.34. The molecule has 256 valence electrons. The molecule has 0 aromatic heterocycles. The van der Waals surface area contributed by atoms with Gasteiger partial charge in [0, 0.05) is 15.7 Å². The Morgan fingerprint density at radius 1 is 0.547 bits per heavy atom. The Kier molecular flexibility index (Phi) is 8.39. The molecule has 53 heavy (non-hydrogen) atoms. The van der Waals surface area contributed by atoms with Crippen LogP contribution in [0.25, 0.3) is 33.4 Å². The molecule has 7 aromatic rings. The lowest BCUT2D eigenvalue weighted by Gasteiger charge is -2.43. The average molecular weight is 715 g/mol. The summed E-state index contributed by atoms with van der Waals surface area (Å²) in [5.41, 5.74) is 12.9. The molecule has 0 radical (unpaired) electrons. The number of fused-ring (bicyclic) bond motifs is 5. The predicted molar refractivity (Wildman–Crippen MR) is 228 cm³/mol. The Morgan fingerprint density at radius 2 is 1.19 bits per heavy atom. The number of hydrogen-bond acceptors (Lipinski definition) is 1. The van der Waals surface area contributed by atoms with Crippen molar-refractivity contribution >= 4 is 35.4 Å². The second kappa shape index (κ2) is 13.7. The zero-order valence-corrected chi connectivity index (χ0v) is 31.7. The fraction of sp³-hybridized carbons (Fsp3) is 0.137. The van der Waals surface area contributed by atoms with E-state index in [0.717, 1.165) is 12.8 Å². The van der Waals surface area contributed by atoms with Crippen LogP contribution in [0.3, 0.4) is 0 Å². The Labute approximate surface area is 319 Å². The summed E-state index contributed by atoms with van der Waals surface area (Å²) in [7, 11) is -2.34. The van der Waals surface area contributed by atoms with E-state index in [0.29, 0.717) is 11.5 Å². The first-order valence-electron chi connectivity index (χ1n) is 19.3. The molecular formula is C51H42SSi. The lowest BCUT2D eigenvalue weighted by Crippen LogP contribution is -2.69. The molecule has 0 saturated carbocycles. The summed E-state index contributed by atoms with van der Waals surface area (Å²) >= 11 is 2.02. The molecular weight excluding hydrogens is 673 g/mol. The molecule has 7 aromatic carbocycles. The van der Waals surface area contributed by atoms with Crippen LogP contribution in [-0.2, 0) is 6.42 Å². The van der Waals surface area contributed by atoms with Crippen molar-refractivity contribution in [2.24, 2.45) is 0 Å². The largest absolute Gasteiger partial charge is 0.159 e. The van der Waals surface area contributed by atoms with Gasteiger partial charge in [-0.05, 0) is 109 Å². The van der Waals surface area contributed by atoms with Crippen molar-refractivity contribution in [1.82, 2.24) is 0 Å². The number of hydrogen-bond donors (Lipinski definition) is 0. The summed E-state index contributed by atoms with van der Waals surface area (Å²) in [4.78, 5) is 2.95. The van der Waals surface area contributed by atoms with Gasteiger partial charge in [-0.15, -0.1) is 0 Å². The van der Waals surface area contributed by atoms with Crippen LogP contribution < -0.4 is 15.6 Å². The van der Waals surface area contributed by atoms with Gasteiger partial charge in [-0.2, -0.15) is 0 Å². The van der Waals surface area contributed by atoms with Crippen LogP contribution in [0.15, 0.2) is 192 Å². The molecule has 3 unspecified atom stereocenters. The van der Waals surface area contributed by atoms with Gasteiger partial charge in [0.05, 0.1) is 0 Å². The van der Waals surface area contributed by atoms with Crippen molar-refractivity contribution in [1.29, 1.82) is 0 Å². The normalized spacial score (nSPS) is 18.5. The van der Waals surface area contributed by atoms with Gasteiger partial charge in [-0.1, -0.05) is 188 Å². The van der Waals surface area contributed by atoms with Crippen LogP contribution in [0.5, 0.6) is 0 Å². The van der Waals surface area contributed by atoms with E-state index in [1.165, 1.54) is 79.1 Å². The van der Waals surface area contributed by atoms with Crippen LogP contribution >= 0.6 is 11.8 Å². The maximum atomic E-state index is 2.61. The number of allylic oxidation sites excluding steroid dienone is 2. The van der Waals surface area contributed by atoms with Crippen molar-refractivity contribution in [3.63, 3.8) is 0 Å². The van der Waals surface area contributed by atoms with Crippen LogP contribution in [0.1, 0.15) is 48.3 Å². The SMILES string of the molecule is C1=CC([Si]23c4ccccc4Sc4c(-c5ccc(C(CCc6ccc(-c7ccccc7)cc6)c6ccccc6)cc5)ccc(c42)-c2ccccc23)CCC1. The van der Waals surface area contributed by atoms with Gasteiger partial charge in [-0.25, -0.2) is 0 Å². The molecule has 1 aliphatic carbocycles. The molecule has 0 saturated heterocycles. The van der Waals surface area contributed by atoms with Gasteiger partial charge in [0.15, 0.2) is 8.07 Å². The first-order valence-corrected chi connectivity index (χ1v) is 22.2. The second-order valence-corrected chi connectivity index (χ2v) is 20.0. The van der Waals surface area contributed by atoms with Gasteiger partial charge in [0.2, 0.25) is 0 Å². The van der Waals surface area contributed by atoms with Gasteiger partial charge in [0.1, 0.15) is 0 Å². The fourth-order valence-corrected chi connectivity index (χ4v) is 18.0. The summed E-state index contributed by atoms with van der Waals surface area (Å²) in [6.45, 7) is 0. The van der Waals surface area contributed by atoms with E-state index >= 15 is 0 Å². The molecule has 2 heterocycles. The van der Waals surface area contributed by atoms with Crippen LogP contribution in [0.2, 0.25) is 5.54 Å². The standard InChI is InChI=1S/C51H42SSi/c1-4-14-37(15-5-1)38-27-24-36(25-28-38)26-33-43(39-16-6-2-7-17-39)40-29-31-41(32-30-40)44-34-35-46-45-20-10-12-22-48(45)53(42-18-8-3-9-19-42)49-23-13-11-21-47(49)52-50(44)51(46)53/h1-2,4-8,10-18,20-25,27-32,34-35,42-43H,3,9,19,26,33H2. The highest BCUT2D eigenvalue weighted by Gasteiger charge is 2.55. The highest BCUT2D eigenvalue weighted by molar-refractivity contribution is 8.00. The monoisotopic (exact) mass is 714 g/mol. The molecule has 2 aliphatic heterocycles. The first-order chi connectivity index (χ1) is 26.3. The van der Waals surface area contributed by atoms with E-state index < -0.39 is 8.07 Å². The zero-order chi connectivity index (χ0) is 35.2. The van der Waals surface area contributed by atoms with Gasteiger partial charge in [0.25, 0.3) is 0 Å². The van der Waals surface area contributed by atoms with Gasteiger partial charge >= 0.3 is 0 Å². The first kappa shape index (κ1) is 32.5. The summed E-state index contributed by atoms with van der Waals surface area (Å²) < 4.78 is 0. The van der Waals surface area contributed by atoms with E-state index in [1.807, 2.05) is 11.8 Å². The maximum absolute atomic E-state index is 2.61. The minimum absolute atomic E-state index is 0.325. The van der Waals surface area contributed by atoms with Gasteiger partial charge < -0.3 is 0 Å². The third kappa shape index (κ3) is 5.50. The van der Waals surface area contributed by atoms with E-state index in [-0.39, 0.29) is 0 Å². The van der Waals surface area contributed by atoms with Crippen LogP contribution in [0.4, 0.5) is 0 Å². The Hall–Kier alpha value is -5.15. The molecule has 0 N–H and O–H groups in total. The number of aryl methyl sites for hydroxylation is 1. The Balaban J connectivity index is 1.02. The van der Waals surface area contributed by atoms with Crippen molar-refractivity contribution in [2.75, 3.05) is 0 Å².